The highest BCUT2D eigenvalue weighted by atomic mass is 19.1. The molecule has 3 N–H and O–H groups in total. The predicted octanol–water partition coefficient (Wildman–Crippen LogP) is 15.2. The number of halogens is 1. The lowest BCUT2D eigenvalue weighted by Crippen LogP contribution is -2.70. The second-order valence-corrected chi connectivity index (χ2v) is 22.7. The summed E-state index contributed by atoms with van der Waals surface area (Å²) in [5, 5.41) is 28.1. The van der Waals surface area contributed by atoms with Gasteiger partial charge in [0, 0.05) is 50.6 Å². The Morgan fingerprint density at radius 3 is 2.01 bits per heavy atom. The highest BCUT2D eigenvalue weighted by Gasteiger charge is 2.65. The van der Waals surface area contributed by atoms with Gasteiger partial charge >= 0.3 is 6.09 Å². The van der Waals surface area contributed by atoms with Crippen molar-refractivity contribution in [3.8, 4) is 11.5 Å². The Morgan fingerprint density at radius 1 is 0.813 bits per heavy atom. The first-order valence-electron chi connectivity index (χ1n) is 29.7. The Labute approximate surface area is 451 Å². The molecule has 0 aromatic heterocycles. The molecule has 12 heteroatoms. The largest absolute Gasteiger partial charge is 0.459 e. The fourth-order valence-electron chi connectivity index (χ4n) is 11.7. The Kier molecular flexibility index (Phi) is 27.2. The maximum absolute atomic E-state index is 15.2. The van der Waals surface area contributed by atoms with E-state index in [0.29, 0.717) is 43.0 Å². The van der Waals surface area contributed by atoms with Gasteiger partial charge in [0.2, 0.25) is 11.7 Å². The van der Waals surface area contributed by atoms with Gasteiger partial charge in [0.25, 0.3) is 0 Å². The van der Waals surface area contributed by atoms with Gasteiger partial charge in [0.1, 0.15) is 29.0 Å². The van der Waals surface area contributed by atoms with E-state index < -0.39 is 29.4 Å². The number of aliphatic hydroxyl groups excluding tert-OH is 2. The van der Waals surface area contributed by atoms with Gasteiger partial charge in [-0.2, -0.15) is 0 Å². The van der Waals surface area contributed by atoms with E-state index in [1.54, 1.807) is 24.3 Å². The molecule has 420 valence electrons. The summed E-state index contributed by atoms with van der Waals surface area (Å²) in [6.45, 7) is 15.5. The zero-order valence-electron chi connectivity index (χ0n) is 47.0. The molecule has 75 heavy (non-hydrogen) atoms. The molecular weight excluding hydrogens is 946 g/mol. The van der Waals surface area contributed by atoms with Crippen LogP contribution in [0.3, 0.4) is 0 Å². The molecule has 1 saturated carbocycles. The van der Waals surface area contributed by atoms with E-state index in [4.69, 9.17) is 24.2 Å². The van der Waals surface area contributed by atoms with Gasteiger partial charge < -0.3 is 39.5 Å². The van der Waals surface area contributed by atoms with Gasteiger partial charge in [-0.1, -0.05) is 165 Å². The lowest BCUT2D eigenvalue weighted by molar-refractivity contribution is -0.258. The second-order valence-electron chi connectivity index (χ2n) is 22.7. The summed E-state index contributed by atoms with van der Waals surface area (Å²) in [5.41, 5.74) is 2.64. The first kappa shape index (κ1) is 61.6. The number of carbonyl (C=O) groups is 2. The molecular formula is C63H98FN3O8. The number of allylic oxidation sites excluding steroid dienone is 1. The third-order valence-electron chi connectivity index (χ3n) is 15.5. The van der Waals surface area contributed by atoms with Gasteiger partial charge in [-0.05, 0) is 113 Å². The average molecular weight is 1040 g/mol. The van der Waals surface area contributed by atoms with Crippen LogP contribution in [0.15, 0.2) is 71.9 Å². The maximum Gasteiger partial charge on any atom is 0.412 e. The minimum absolute atomic E-state index is 0.00877. The lowest BCUT2D eigenvalue weighted by Gasteiger charge is -2.60. The van der Waals surface area contributed by atoms with Crippen LogP contribution < -0.4 is 14.8 Å². The number of rotatable bonds is 37. The SMILES string of the molecule is C=CCOC12Oc3ccc(OC(=O)NCCCCCCCCCCCC)cc3C3C(CCCCO)C(CCCCO)C=C(C(=NOC(C)(C)C)CC1N(Cc1ccc(F)cc1)C(=O)CCCCCCCCCCC)C32. The van der Waals surface area contributed by atoms with Crippen molar-refractivity contribution in [3.63, 3.8) is 0 Å². The van der Waals surface area contributed by atoms with Gasteiger partial charge in [0.15, 0.2) is 0 Å². The number of amides is 2. The highest BCUT2D eigenvalue weighted by Crippen LogP contribution is 2.62. The summed E-state index contributed by atoms with van der Waals surface area (Å²) in [7, 11) is 0. The van der Waals surface area contributed by atoms with Crippen molar-refractivity contribution >= 4 is 17.7 Å². The Balaban J connectivity index is 1.57. The summed E-state index contributed by atoms with van der Waals surface area (Å²) >= 11 is 0. The smallest absolute Gasteiger partial charge is 0.412 e. The quantitative estimate of drug-likeness (QED) is 0.0345. The zero-order valence-corrected chi connectivity index (χ0v) is 47.0. The number of aliphatic hydroxyl groups is 2. The van der Waals surface area contributed by atoms with Gasteiger partial charge in [-0.15, -0.1) is 6.58 Å². The predicted molar refractivity (Wildman–Crippen MR) is 300 cm³/mol. The van der Waals surface area contributed by atoms with Crippen LogP contribution in [0.25, 0.3) is 0 Å². The van der Waals surface area contributed by atoms with Crippen molar-refractivity contribution in [1.29, 1.82) is 0 Å². The fraction of sp³-hybridized carbons (Fsp3) is 0.698. The molecule has 2 aliphatic carbocycles. The number of carbonyl (C=O) groups excluding carboxylic acids is 2. The first-order chi connectivity index (χ1) is 36.4. The molecule has 1 fully saturated rings. The Hall–Kier alpha value is -4.26. The number of unbranched alkanes of at least 4 members (excludes halogenated alkanes) is 19. The van der Waals surface area contributed by atoms with Crippen molar-refractivity contribution in [2.24, 2.45) is 22.9 Å². The third-order valence-corrected chi connectivity index (χ3v) is 15.5. The molecule has 0 bridgehead atoms. The minimum atomic E-state index is -1.47. The van der Waals surface area contributed by atoms with E-state index >= 15 is 4.79 Å². The molecule has 5 rings (SSSR count). The van der Waals surface area contributed by atoms with E-state index in [1.807, 2.05) is 37.8 Å². The number of ether oxygens (including phenoxy) is 3. The van der Waals surface area contributed by atoms with Crippen LogP contribution >= 0.6 is 0 Å². The molecule has 0 saturated heterocycles. The van der Waals surface area contributed by atoms with Crippen molar-refractivity contribution in [2.75, 3.05) is 26.4 Å². The molecule has 3 aliphatic rings. The molecule has 2 amide bonds. The van der Waals surface area contributed by atoms with Crippen LogP contribution in [0, 0.1) is 23.6 Å². The fourth-order valence-corrected chi connectivity index (χ4v) is 11.7. The summed E-state index contributed by atoms with van der Waals surface area (Å²) in [4.78, 5) is 37.0. The number of benzene rings is 2. The van der Waals surface area contributed by atoms with Crippen LogP contribution in [0.2, 0.25) is 0 Å². The highest BCUT2D eigenvalue weighted by molar-refractivity contribution is 6.03. The molecule has 11 nitrogen and oxygen atoms in total. The van der Waals surface area contributed by atoms with E-state index in [0.717, 1.165) is 87.3 Å². The van der Waals surface area contributed by atoms with Crippen LogP contribution in [-0.2, 0) is 20.9 Å². The number of hydrogen-bond acceptors (Lipinski definition) is 9. The Bertz CT molecular complexity index is 2050. The molecule has 6 atom stereocenters. The van der Waals surface area contributed by atoms with Gasteiger partial charge in [-0.3, -0.25) is 4.79 Å². The molecule has 2 aromatic carbocycles. The number of nitrogens with one attached hydrogen (secondary N) is 1. The van der Waals surface area contributed by atoms with Crippen LogP contribution in [0.4, 0.5) is 9.18 Å². The molecule has 0 spiro atoms. The van der Waals surface area contributed by atoms with E-state index in [1.165, 1.54) is 89.2 Å². The van der Waals surface area contributed by atoms with Crippen LogP contribution in [0.1, 0.15) is 225 Å². The molecule has 2 aromatic rings. The van der Waals surface area contributed by atoms with E-state index in [2.05, 4.69) is 31.8 Å². The summed E-state index contributed by atoms with van der Waals surface area (Å²) in [5.74, 6) is -1.70. The van der Waals surface area contributed by atoms with E-state index in [-0.39, 0.29) is 62.3 Å². The molecule has 6 unspecified atom stereocenters. The third kappa shape index (κ3) is 19.3. The monoisotopic (exact) mass is 1040 g/mol. The standard InChI is InChI=1S/C63H98FN3O8/c1-7-10-12-14-16-18-20-22-24-28-40-65-61(71)73-51-38-39-56-54(45-51)59-52(32-27-30-42-69)49(31-26-29-41-68)44-53-55(66-75-62(4,5)6)46-57(63(74-56,60(53)59)72-43-9-3)67(47-48-34-36-50(64)37-35-48)58(70)33-25-23-21-19-17-15-13-11-8-2/h9,34-39,44-45,49,52,57,59-60,68-69H,3,7-8,10-33,40-43,46-47H2,1-2,4-6H3,(H,65,71). The lowest BCUT2D eigenvalue weighted by atomic mass is 9.55. The summed E-state index contributed by atoms with van der Waals surface area (Å²) in [6, 6.07) is 11.2. The minimum Gasteiger partial charge on any atom is -0.459 e. The summed E-state index contributed by atoms with van der Waals surface area (Å²) < 4.78 is 35.3. The zero-order chi connectivity index (χ0) is 53.9. The average Bonchev–Trinajstić information content (AvgIpc) is 3.39. The van der Waals surface area contributed by atoms with Gasteiger partial charge in [-0.25, -0.2) is 9.18 Å². The maximum atomic E-state index is 15.2. The summed E-state index contributed by atoms with van der Waals surface area (Å²) in [6.07, 6.45) is 30.7. The number of nitrogens with zero attached hydrogens (tertiary/aromatic N) is 2. The molecule has 1 heterocycles. The van der Waals surface area contributed by atoms with Crippen molar-refractivity contribution in [3.05, 3.63) is 83.7 Å². The van der Waals surface area contributed by atoms with Gasteiger partial charge in [0.05, 0.1) is 18.2 Å². The first-order valence-corrected chi connectivity index (χ1v) is 29.7. The molecule has 0 radical (unpaired) electrons. The van der Waals surface area contributed by atoms with E-state index in [9.17, 15) is 19.4 Å². The van der Waals surface area contributed by atoms with Crippen molar-refractivity contribution in [1.82, 2.24) is 10.2 Å². The molecule has 1 aliphatic heterocycles. The normalized spacial score (nSPS) is 21.4. The van der Waals surface area contributed by atoms with Crippen LogP contribution in [-0.4, -0.2) is 76.6 Å². The number of fused-ring (bicyclic) bond motifs is 2. The van der Waals surface area contributed by atoms with Crippen molar-refractivity contribution < 1.29 is 43.2 Å². The van der Waals surface area contributed by atoms with Crippen LogP contribution in [0.5, 0.6) is 11.5 Å². The Morgan fingerprint density at radius 2 is 1.41 bits per heavy atom. The number of hydrogen-bond donors (Lipinski definition) is 3. The van der Waals surface area contributed by atoms with Crippen molar-refractivity contribution in [2.45, 2.75) is 238 Å². The number of oxime groups is 1. The topological polar surface area (TPSA) is 139 Å². The second kappa shape index (κ2) is 33.1.